The normalized spacial score (nSPS) is 10.2. The summed E-state index contributed by atoms with van der Waals surface area (Å²) in [6.45, 7) is 2.52. The molecule has 2 aromatic carbocycles. The number of nitrogens with one attached hydrogen (secondary N) is 2. The van der Waals surface area contributed by atoms with Crippen LogP contribution in [0.5, 0.6) is 0 Å². The molecule has 3 rings (SSSR count). The lowest BCUT2D eigenvalue weighted by molar-refractivity contribution is 0.0526. The second-order valence-electron chi connectivity index (χ2n) is 5.88. The maximum absolute atomic E-state index is 12.2. The molecule has 3 aromatic rings. The number of esters is 1. The SMILES string of the molecule is CCOC(=O)c1ccc(Nc2cnc(C(=O)NCc3ccccc3)cn2)cc1. The van der Waals surface area contributed by atoms with E-state index >= 15 is 0 Å². The van der Waals surface area contributed by atoms with Crippen LogP contribution in [0, 0.1) is 0 Å². The van der Waals surface area contributed by atoms with Crippen molar-refractivity contribution in [3.63, 3.8) is 0 Å². The number of nitrogens with zero attached hydrogens (tertiary/aromatic N) is 2. The minimum Gasteiger partial charge on any atom is -0.462 e. The van der Waals surface area contributed by atoms with E-state index in [-0.39, 0.29) is 17.6 Å². The number of hydrogen-bond donors (Lipinski definition) is 2. The Kier molecular flexibility index (Phi) is 6.30. The van der Waals surface area contributed by atoms with Gasteiger partial charge in [0, 0.05) is 12.2 Å². The van der Waals surface area contributed by atoms with Gasteiger partial charge in [-0.05, 0) is 36.8 Å². The van der Waals surface area contributed by atoms with Crippen molar-refractivity contribution in [1.29, 1.82) is 0 Å². The molecular weight excluding hydrogens is 356 g/mol. The summed E-state index contributed by atoms with van der Waals surface area (Å²) >= 11 is 0. The summed E-state index contributed by atoms with van der Waals surface area (Å²) < 4.78 is 4.95. The van der Waals surface area contributed by atoms with Crippen LogP contribution in [0.2, 0.25) is 0 Å². The zero-order chi connectivity index (χ0) is 19.8. The zero-order valence-corrected chi connectivity index (χ0v) is 15.4. The summed E-state index contributed by atoms with van der Waals surface area (Å²) in [5.41, 5.74) is 2.46. The minimum atomic E-state index is -0.361. The number of hydrogen-bond acceptors (Lipinski definition) is 6. The van der Waals surface area contributed by atoms with E-state index in [0.29, 0.717) is 24.5 Å². The average molecular weight is 376 g/mol. The molecule has 0 aliphatic carbocycles. The Bertz CT molecular complexity index is 926. The third-order valence-electron chi connectivity index (χ3n) is 3.85. The highest BCUT2D eigenvalue weighted by atomic mass is 16.5. The second-order valence-corrected chi connectivity index (χ2v) is 5.88. The van der Waals surface area contributed by atoms with E-state index in [1.54, 1.807) is 31.2 Å². The molecule has 0 saturated carbocycles. The Labute approximate surface area is 162 Å². The predicted molar refractivity (Wildman–Crippen MR) is 105 cm³/mol. The Morgan fingerprint density at radius 2 is 1.71 bits per heavy atom. The van der Waals surface area contributed by atoms with Gasteiger partial charge >= 0.3 is 5.97 Å². The average Bonchev–Trinajstić information content (AvgIpc) is 2.74. The van der Waals surface area contributed by atoms with E-state index < -0.39 is 0 Å². The highest BCUT2D eigenvalue weighted by Crippen LogP contribution is 2.15. The Hall–Kier alpha value is -3.74. The number of carbonyl (C=O) groups excluding carboxylic acids is 2. The number of rotatable bonds is 7. The van der Waals surface area contributed by atoms with Crippen LogP contribution in [0.3, 0.4) is 0 Å². The summed E-state index contributed by atoms with van der Waals surface area (Å²) in [5, 5.41) is 5.87. The first-order valence-electron chi connectivity index (χ1n) is 8.84. The maximum atomic E-state index is 12.2. The molecule has 0 spiro atoms. The maximum Gasteiger partial charge on any atom is 0.338 e. The van der Waals surface area contributed by atoms with Gasteiger partial charge in [0.2, 0.25) is 0 Å². The van der Waals surface area contributed by atoms with Crippen molar-refractivity contribution < 1.29 is 14.3 Å². The number of aromatic nitrogens is 2. The first-order valence-corrected chi connectivity index (χ1v) is 8.84. The molecule has 0 atom stereocenters. The second kappa shape index (κ2) is 9.27. The van der Waals surface area contributed by atoms with Gasteiger partial charge in [-0.25, -0.2) is 14.8 Å². The highest BCUT2D eigenvalue weighted by molar-refractivity contribution is 5.92. The largest absolute Gasteiger partial charge is 0.462 e. The predicted octanol–water partition coefficient (Wildman–Crippen LogP) is 3.33. The van der Waals surface area contributed by atoms with Crippen molar-refractivity contribution >= 4 is 23.4 Å². The fourth-order valence-electron chi connectivity index (χ4n) is 2.43. The molecular formula is C21H20N4O3. The summed E-state index contributed by atoms with van der Waals surface area (Å²) in [6.07, 6.45) is 2.90. The summed E-state index contributed by atoms with van der Waals surface area (Å²) in [4.78, 5) is 32.2. The quantitative estimate of drug-likeness (QED) is 0.615. The van der Waals surface area contributed by atoms with Gasteiger partial charge in [-0.15, -0.1) is 0 Å². The molecule has 7 nitrogen and oxygen atoms in total. The van der Waals surface area contributed by atoms with Gasteiger partial charge in [0.25, 0.3) is 5.91 Å². The first kappa shape index (κ1) is 19.0. The van der Waals surface area contributed by atoms with E-state index in [1.165, 1.54) is 12.4 Å². The fraction of sp³-hybridized carbons (Fsp3) is 0.143. The molecule has 0 unspecified atom stereocenters. The van der Waals surface area contributed by atoms with Crippen molar-refractivity contribution in [2.75, 3.05) is 11.9 Å². The van der Waals surface area contributed by atoms with Gasteiger partial charge in [-0.1, -0.05) is 30.3 Å². The molecule has 7 heteroatoms. The molecule has 0 fully saturated rings. The van der Waals surface area contributed by atoms with Crippen LogP contribution < -0.4 is 10.6 Å². The third kappa shape index (κ3) is 5.14. The first-order chi connectivity index (χ1) is 13.7. The monoisotopic (exact) mass is 376 g/mol. The Balaban J connectivity index is 1.56. The molecule has 1 amide bonds. The molecule has 0 bridgehead atoms. The molecule has 1 aromatic heterocycles. The van der Waals surface area contributed by atoms with Crippen LogP contribution in [-0.2, 0) is 11.3 Å². The Morgan fingerprint density at radius 1 is 0.964 bits per heavy atom. The molecule has 0 saturated heterocycles. The van der Waals surface area contributed by atoms with Gasteiger partial charge in [0.1, 0.15) is 11.5 Å². The van der Waals surface area contributed by atoms with Crippen molar-refractivity contribution in [3.8, 4) is 0 Å². The van der Waals surface area contributed by atoms with Crippen LogP contribution in [0.15, 0.2) is 67.0 Å². The van der Waals surface area contributed by atoms with Crippen LogP contribution in [-0.4, -0.2) is 28.5 Å². The third-order valence-corrected chi connectivity index (χ3v) is 3.85. The van der Waals surface area contributed by atoms with Gasteiger partial charge < -0.3 is 15.4 Å². The van der Waals surface area contributed by atoms with Crippen molar-refractivity contribution in [2.45, 2.75) is 13.5 Å². The molecule has 142 valence electrons. The van der Waals surface area contributed by atoms with Gasteiger partial charge in [0.05, 0.1) is 24.6 Å². The van der Waals surface area contributed by atoms with Gasteiger partial charge in [-0.3, -0.25) is 4.79 Å². The summed E-state index contributed by atoms with van der Waals surface area (Å²) in [7, 11) is 0. The number of amides is 1. The lowest BCUT2D eigenvalue weighted by atomic mass is 10.2. The lowest BCUT2D eigenvalue weighted by Gasteiger charge is -2.08. The molecule has 2 N–H and O–H groups in total. The van der Waals surface area contributed by atoms with E-state index in [4.69, 9.17) is 4.74 Å². The van der Waals surface area contributed by atoms with Gasteiger partial charge in [0.15, 0.2) is 0 Å². The van der Waals surface area contributed by atoms with Crippen LogP contribution in [0.25, 0.3) is 0 Å². The number of carbonyl (C=O) groups is 2. The van der Waals surface area contributed by atoms with E-state index in [2.05, 4.69) is 20.6 Å². The van der Waals surface area contributed by atoms with Crippen molar-refractivity contribution in [1.82, 2.24) is 15.3 Å². The lowest BCUT2D eigenvalue weighted by Crippen LogP contribution is -2.24. The van der Waals surface area contributed by atoms with Crippen LogP contribution in [0.4, 0.5) is 11.5 Å². The number of anilines is 2. The molecule has 1 heterocycles. The van der Waals surface area contributed by atoms with Crippen molar-refractivity contribution in [2.24, 2.45) is 0 Å². The standard InChI is InChI=1S/C21H20N4O3/c1-2-28-21(27)16-8-10-17(11-9-16)25-19-14-22-18(13-23-19)20(26)24-12-15-6-4-3-5-7-15/h3-11,13-14H,2,12H2,1H3,(H,23,25)(H,24,26). The van der Waals surface area contributed by atoms with Crippen molar-refractivity contribution in [3.05, 3.63) is 83.8 Å². The fourth-order valence-corrected chi connectivity index (χ4v) is 2.43. The van der Waals surface area contributed by atoms with E-state index in [9.17, 15) is 9.59 Å². The summed E-state index contributed by atoms with van der Waals surface area (Å²) in [5.74, 6) is -0.162. The van der Waals surface area contributed by atoms with Crippen LogP contribution >= 0.6 is 0 Å². The highest BCUT2D eigenvalue weighted by Gasteiger charge is 2.09. The molecule has 0 aliphatic heterocycles. The summed E-state index contributed by atoms with van der Waals surface area (Å²) in [6, 6.07) is 16.5. The molecule has 28 heavy (non-hydrogen) atoms. The number of benzene rings is 2. The number of ether oxygens (including phenoxy) is 1. The zero-order valence-electron chi connectivity index (χ0n) is 15.4. The van der Waals surface area contributed by atoms with E-state index in [1.807, 2.05) is 30.3 Å². The topological polar surface area (TPSA) is 93.2 Å². The van der Waals surface area contributed by atoms with Crippen LogP contribution in [0.1, 0.15) is 33.3 Å². The van der Waals surface area contributed by atoms with Gasteiger partial charge in [-0.2, -0.15) is 0 Å². The molecule has 0 aliphatic rings. The molecule has 0 radical (unpaired) electrons. The van der Waals surface area contributed by atoms with E-state index in [0.717, 1.165) is 11.3 Å². The minimum absolute atomic E-state index is 0.235. The Morgan fingerprint density at radius 3 is 2.36 bits per heavy atom. The smallest absolute Gasteiger partial charge is 0.338 e.